The predicted octanol–water partition coefficient (Wildman–Crippen LogP) is 1.20. The van der Waals surface area contributed by atoms with Gasteiger partial charge in [0.25, 0.3) is 10.1 Å². The Bertz CT molecular complexity index is 428. The Morgan fingerprint density at radius 1 is 1.37 bits per heavy atom. The minimum atomic E-state index is -4.56. The van der Waals surface area contributed by atoms with Gasteiger partial charge in [-0.1, -0.05) is 33.6 Å². The highest BCUT2D eigenvalue weighted by Crippen LogP contribution is 2.61. The topological polar surface area (TPSA) is 101 Å². The number of ether oxygens (including phenoxy) is 1. The van der Waals surface area contributed by atoms with E-state index < -0.39 is 38.8 Å². The maximum Gasteiger partial charge on any atom is 0.309 e. The van der Waals surface area contributed by atoms with Gasteiger partial charge in [0.15, 0.2) is 5.44 Å². The van der Waals surface area contributed by atoms with Crippen LogP contribution in [0.3, 0.4) is 0 Å². The lowest BCUT2D eigenvalue weighted by atomic mass is 10.1. The Balaban J connectivity index is 2.58. The molecule has 3 unspecified atom stereocenters. The van der Waals surface area contributed by atoms with Gasteiger partial charge in [-0.15, -0.1) is 0 Å². The van der Waals surface area contributed by atoms with Gasteiger partial charge in [0.2, 0.25) is 0 Å². The lowest BCUT2D eigenvalue weighted by Gasteiger charge is -2.07. The number of unbranched alkanes of at least 4 members (excludes halogenated alkanes) is 2. The Labute approximate surface area is 113 Å². The highest BCUT2D eigenvalue weighted by molar-refractivity contribution is 7.86. The fourth-order valence-corrected chi connectivity index (χ4v) is 3.34. The SMILES string of the molecule is CCCCCOC(=O)C1C(C(O)S(=O)(=O)O)C1(C)C. The van der Waals surface area contributed by atoms with E-state index in [4.69, 9.17) is 9.29 Å². The van der Waals surface area contributed by atoms with Crippen LogP contribution >= 0.6 is 0 Å². The number of hydrogen-bond donors (Lipinski definition) is 2. The van der Waals surface area contributed by atoms with Gasteiger partial charge in [0.1, 0.15) is 0 Å². The predicted molar refractivity (Wildman–Crippen MR) is 68.8 cm³/mol. The number of rotatable bonds is 7. The average molecular weight is 294 g/mol. The normalized spacial score (nSPS) is 26.8. The maximum atomic E-state index is 11.8. The van der Waals surface area contributed by atoms with Crippen LogP contribution in [-0.4, -0.2) is 36.1 Å². The molecule has 1 aliphatic carbocycles. The number of aliphatic hydroxyl groups is 1. The van der Waals surface area contributed by atoms with Crippen LogP contribution in [0, 0.1) is 17.3 Å². The van der Waals surface area contributed by atoms with E-state index in [1.807, 2.05) is 6.92 Å². The maximum absolute atomic E-state index is 11.8. The molecule has 0 aliphatic heterocycles. The van der Waals surface area contributed by atoms with Crippen LogP contribution in [0.4, 0.5) is 0 Å². The third-order valence-corrected chi connectivity index (χ3v) is 4.67. The minimum Gasteiger partial charge on any atom is -0.465 e. The first-order valence-electron chi connectivity index (χ1n) is 6.45. The molecule has 1 aliphatic rings. The zero-order valence-corrected chi connectivity index (χ0v) is 12.3. The van der Waals surface area contributed by atoms with Crippen molar-refractivity contribution in [1.82, 2.24) is 0 Å². The first-order valence-corrected chi connectivity index (χ1v) is 7.95. The second-order valence-corrected chi connectivity index (χ2v) is 7.12. The molecule has 6 nitrogen and oxygen atoms in total. The molecule has 0 radical (unpaired) electrons. The number of hydrogen-bond acceptors (Lipinski definition) is 5. The van der Waals surface area contributed by atoms with Gasteiger partial charge in [-0.2, -0.15) is 8.42 Å². The van der Waals surface area contributed by atoms with E-state index in [1.54, 1.807) is 13.8 Å². The summed E-state index contributed by atoms with van der Waals surface area (Å²) in [5.74, 6) is -2.01. The number of esters is 1. The zero-order chi connectivity index (χ0) is 14.8. The van der Waals surface area contributed by atoms with Crippen LogP contribution in [0.5, 0.6) is 0 Å². The Hall–Kier alpha value is -0.660. The van der Waals surface area contributed by atoms with Crippen molar-refractivity contribution in [3.05, 3.63) is 0 Å². The second-order valence-electron chi connectivity index (χ2n) is 5.60. The molecule has 1 rings (SSSR count). The van der Waals surface area contributed by atoms with Gasteiger partial charge >= 0.3 is 5.97 Å². The molecular formula is C12H22O6S. The molecule has 112 valence electrons. The van der Waals surface area contributed by atoms with Gasteiger partial charge in [-0.25, -0.2) is 0 Å². The first kappa shape index (κ1) is 16.4. The van der Waals surface area contributed by atoms with Crippen LogP contribution in [0.2, 0.25) is 0 Å². The largest absolute Gasteiger partial charge is 0.465 e. The molecule has 1 saturated carbocycles. The van der Waals surface area contributed by atoms with E-state index >= 15 is 0 Å². The lowest BCUT2D eigenvalue weighted by molar-refractivity contribution is -0.146. The summed E-state index contributed by atoms with van der Waals surface area (Å²) in [5.41, 5.74) is -2.62. The first-order chi connectivity index (χ1) is 8.64. The molecular weight excluding hydrogens is 272 g/mol. The van der Waals surface area contributed by atoms with Crippen molar-refractivity contribution in [2.24, 2.45) is 17.3 Å². The summed E-state index contributed by atoms with van der Waals surface area (Å²) in [7, 11) is -4.56. The van der Waals surface area contributed by atoms with Gasteiger partial charge in [-0.3, -0.25) is 9.35 Å². The molecule has 19 heavy (non-hydrogen) atoms. The van der Waals surface area contributed by atoms with E-state index in [-0.39, 0.29) is 0 Å². The summed E-state index contributed by atoms with van der Waals surface area (Å²) in [5, 5.41) is 9.54. The third-order valence-electron chi connectivity index (χ3n) is 3.77. The molecule has 1 fully saturated rings. The van der Waals surface area contributed by atoms with Crippen molar-refractivity contribution in [2.75, 3.05) is 6.61 Å². The highest BCUT2D eigenvalue weighted by atomic mass is 32.2. The molecule has 0 heterocycles. The van der Waals surface area contributed by atoms with E-state index in [9.17, 15) is 18.3 Å². The summed E-state index contributed by atoms with van der Waals surface area (Å²) < 4.78 is 35.8. The summed E-state index contributed by atoms with van der Waals surface area (Å²) in [6.45, 7) is 5.67. The molecule has 0 aromatic carbocycles. The van der Waals surface area contributed by atoms with Crippen molar-refractivity contribution < 1.29 is 27.6 Å². The third kappa shape index (κ3) is 3.67. The van der Waals surface area contributed by atoms with Crippen molar-refractivity contribution in [1.29, 1.82) is 0 Å². The van der Waals surface area contributed by atoms with E-state index in [0.717, 1.165) is 19.3 Å². The van der Waals surface area contributed by atoms with E-state index in [0.29, 0.717) is 6.61 Å². The summed E-state index contributed by atoms with van der Waals surface area (Å²) in [6, 6.07) is 0. The summed E-state index contributed by atoms with van der Waals surface area (Å²) in [4.78, 5) is 11.8. The van der Waals surface area contributed by atoms with Gasteiger partial charge < -0.3 is 9.84 Å². The van der Waals surface area contributed by atoms with Crippen LogP contribution in [0.15, 0.2) is 0 Å². The molecule has 0 saturated heterocycles. The smallest absolute Gasteiger partial charge is 0.309 e. The van der Waals surface area contributed by atoms with Crippen LogP contribution < -0.4 is 0 Å². The molecule has 0 aromatic heterocycles. The lowest BCUT2D eigenvalue weighted by Crippen LogP contribution is -2.25. The molecule has 3 atom stereocenters. The second kappa shape index (κ2) is 5.76. The van der Waals surface area contributed by atoms with Gasteiger partial charge in [0.05, 0.1) is 12.5 Å². The van der Waals surface area contributed by atoms with Crippen molar-refractivity contribution in [3.8, 4) is 0 Å². The van der Waals surface area contributed by atoms with Crippen LogP contribution in [0.25, 0.3) is 0 Å². The average Bonchev–Trinajstić information content (AvgIpc) is 2.85. The monoisotopic (exact) mass is 294 g/mol. The molecule has 0 amide bonds. The molecule has 2 N–H and O–H groups in total. The fourth-order valence-electron chi connectivity index (χ4n) is 2.46. The molecule has 0 spiro atoms. The zero-order valence-electron chi connectivity index (χ0n) is 11.5. The minimum absolute atomic E-state index is 0.300. The van der Waals surface area contributed by atoms with Crippen molar-refractivity contribution in [3.63, 3.8) is 0 Å². The number of aliphatic hydroxyl groups excluding tert-OH is 1. The fraction of sp³-hybridized carbons (Fsp3) is 0.917. The van der Waals surface area contributed by atoms with Crippen LogP contribution in [-0.2, 0) is 19.6 Å². The summed E-state index contributed by atoms with van der Waals surface area (Å²) >= 11 is 0. The Kier molecular flexibility index (Phi) is 4.97. The Morgan fingerprint density at radius 3 is 2.42 bits per heavy atom. The molecule has 7 heteroatoms. The Morgan fingerprint density at radius 2 is 1.95 bits per heavy atom. The van der Waals surface area contributed by atoms with Crippen molar-refractivity contribution in [2.45, 2.75) is 45.5 Å². The van der Waals surface area contributed by atoms with E-state index in [1.165, 1.54) is 0 Å². The summed E-state index contributed by atoms with van der Waals surface area (Å²) in [6.07, 6.45) is 2.73. The highest BCUT2D eigenvalue weighted by Gasteiger charge is 2.67. The quantitative estimate of drug-likeness (QED) is 0.415. The van der Waals surface area contributed by atoms with Gasteiger partial charge in [-0.05, 0) is 11.8 Å². The van der Waals surface area contributed by atoms with Crippen molar-refractivity contribution >= 4 is 16.1 Å². The molecule has 0 bridgehead atoms. The standard InChI is InChI=1S/C12H22O6S/c1-4-5-6-7-18-10(13)8-9(12(8,2)3)11(14)19(15,16)17/h8-9,11,14H,4-7H2,1-3H3,(H,15,16,17). The van der Waals surface area contributed by atoms with E-state index in [2.05, 4.69) is 0 Å². The van der Waals surface area contributed by atoms with Gasteiger partial charge in [0, 0.05) is 5.92 Å². The number of carbonyl (C=O) groups is 1. The number of carbonyl (C=O) groups excluding carboxylic acids is 1. The van der Waals surface area contributed by atoms with Crippen LogP contribution in [0.1, 0.15) is 40.0 Å². The molecule has 0 aromatic rings.